The first-order chi connectivity index (χ1) is 15.3. The fraction of sp³-hybridized carbons (Fsp3) is 0.360. The van der Waals surface area contributed by atoms with Gasteiger partial charge in [0, 0.05) is 12.1 Å². The van der Waals surface area contributed by atoms with Crippen molar-refractivity contribution in [1.29, 1.82) is 0 Å². The monoisotopic (exact) mass is 438 g/mol. The first-order valence-corrected chi connectivity index (χ1v) is 10.5. The van der Waals surface area contributed by atoms with Gasteiger partial charge in [-0.25, -0.2) is 0 Å². The Balaban J connectivity index is 2.14. The molecule has 0 spiro atoms. The summed E-state index contributed by atoms with van der Waals surface area (Å²) >= 11 is 0. The normalized spacial score (nSPS) is 17.8. The number of aryl methyl sites for hydroxylation is 1. The van der Waals surface area contributed by atoms with Crippen molar-refractivity contribution in [3.05, 3.63) is 64.7 Å². The minimum Gasteiger partial charge on any atom is -0.507 e. The van der Waals surface area contributed by atoms with Crippen LogP contribution in [0.2, 0.25) is 0 Å². The number of hydrogen-bond donors (Lipinski definition) is 1. The van der Waals surface area contributed by atoms with Crippen molar-refractivity contribution in [1.82, 2.24) is 9.80 Å². The highest BCUT2D eigenvalue weighted by Gasteiger charge is 2.46. The number of carbonyl (C=O) groups is 2. The summed E-state index contributed by atoms with van der Waals surface area (Å²) < 4.78 is 10.6. The SMILES string of the molecule is COc1cccc(C2/C(=C(/O)c3ccc(OC)cc3C)C(=O)C(=O)N2CCCN(C)C)c1. The molecule has 32 heavy (non-hydrogen) atoms. The summed E-state index contributed by atoms with van der Waals surface area (Å²) in [4.78, 5) is 29.7. The van der Waals surface area contributed by atoms with E-state index in [4.69, 9.17) is 9.47 Å². The molecule has 1 heterocycles. The second-order valence-electron chi connectivity index (χ2n) is 8.11. The zero-order chi connectivity index (χ0) is 23.4. The summed E-state index contributed by atoms with van der Waals surface area (Å²) in [5.74, 6) is -0.222. The molecule has 0 aromatic heterocycles. The molecule has 0 saturated carbocycles. The number of nitrogens with zero attached hydrogens (tertiary/aromatic N) is 2. The minimum atomic E-state index is -0.700. The molecule has 1 amide bonds. The second-order valence-corrected chi connectivity index (χ2v) is 8.11. The lowest BCUT2D eigenvalue weighted by Crippen LogP contribution is -2.32. The van der Waals surface area contributed by atoms with Crippen molar-refractivity contribution >= 4 is 17.4 Å². The third kappa shape index (κ3) is 4.62. The molecule has 0 aliphatic carbocycles. The summed E-state index contributed by atoms with van der Waals surface area (Å²) in [7, 11) is 7.05. The minimum absolute atomic E-state index is 0.0846. The number of ether oxygens (including phenoxy) is 2. The van der Waals surface area contributed by atoms with Crippen LogP contribution in [0, 0.1) is 6.92 Å². The van der Waals surface area contributed by atoms with Crippen LogP contribution in [-0.4, -0.2) is 68.0 Å². The van der Waals surface area contributed by atoms with Crippen LogP contribution < -0.4 is 9.47 Å². The topological polar surface area (TPSA) is 79.3 Å². The zero-order valence-corrected chi connectivity index (χ0v) is 19.2. The van der Waals surface area contributed by atoms with E-state index in [0.717, 1.165) is 12.1 Å². The molecule has 3 rings (SSSR count). The molecule has 0 bridgehead atoms. The number of aliphatic hydroxyl groups is 1. The van der Waals surface area contributed by atoms with Gasteiger partial charge < -0.3 is 24.4 Å². The van der Waals surface area contributed by atoms with Gasteiger partial charge in [-0.05, 0) is 75.4 Å². The molecular formula is C25H30N2O5. The van der Waals surface area contributed by atoms with E-state index < -0.39 is 17.7 Å². The maximum atomic E-state index is 13.1. The van der Waals surface area contributed by atoms with Gasteiger partial charge in [-0.15, -0.1) is 0 Å². The van der Waals surface area contributed by atoms with E-state index in [1.165, 1.54) is 0 Å². The van der Waals surface area contributed by atoms with Gasteiger partial charge in [0.15, 0.2) is 0 Å². The largest absolute Gasteiger partial charge is 0.507 e. The van der Waals surface area contributed by atoms with Crippen molar-refractivity contribution in [2.75, 3.05) is 41.4 Å². The molecule has 1 unspecified atom stereocenters. The summed E-state index contributed by atoms with van der Waals surface area (Å²) in [6.45, 7) is 2.99. The molecule has 7 heteroatoms. The number of amides is 1. The third-order valence-corrected chi connectivity index (χ3v) is 5.64. The standard InChI is InChI=1S/C25H30N2O5/c1-16-14-19(32-5)10-11-20(16)23(28)21-22(17-8-6-9-18(15-17)31-4)27(25(30)24(21)29)13-7-12-26(2)3/h6,8-11,14-15,22,28H,7,12-13H2,1-5H3/b23-21-. The Hall–Kier alpha value is -3.32. The highest BCUT2D eigenvalue weighted by Crippen LogP contribution is 2.41. The van der Waals surface area contributed by atoms with E-state index in [9.17, 15) is 14.7 Å². The van der Waals surface area contributed by atoms with E-state index in [0.29, 0.717) is 35.6 Å². The van der Waals surface area contributed by atoms with Crippen LogP contribution in [0.15, 0.2) is 48.0 Å². The zero-order valence-electron chi connectivity index (χ0n) is 19.2. The van der Waals surface area contributed by atoms with Gasteiger partial charge in [-0.1, -0.05) is 12.1 Å². The lowest BCUT2D eigenvalue weighted by atomic mass is 9.93. The summed E-state index contributed by atoms with van der Waals surface area (Å²) in [5, 5.41) is 11.2. The summed E-state index contributed by atoms with van der Waals surface area (Å²) in [6, 6.07) is 11.7. The first-order valence-electron chi connectivity index (χ1n) is 10.5. The predicted molar refractivity (Wildman–Crippen MR) is 123 cm³/mol. The van der Waals surface area contributed by atoms with Crippen molar-refractivity contribution in [3.8, 4) is 11.5 Å². The smallest absolute Gasteiger partial charge is 0.295 e. The predicted octanol–water partition coefficient (Wildman–Crippen LogP) is 3.39. The van der Waals surface area contributed by atoms with Crippen LogP contribution in [0.5, 0.6) is 11.5 Å². The van der Waals surface area contributed by atoms with Crippen LogP contribution in [-0.2, 0) is 9.59 Å². The Labute approximate surface area is 188 Å². The van der Waals surface area contributed by atoms with Crippen molar-refractivity contribution in [2.45, 2.75) is 19.4 Å². The van der Waals surface area contributed by atoms with Gasteiger partial charge in [-0.3, -0.25) is 9.59 Å². The van der Waals surface area contributed by atoms with Gasteiger partial charge in [0.25, 0.3) is 11.7 Å². The maximum absolute atomic E-state index is 13.1. The van der Waals surface area contributed by atoms with E-state index in [1.807, 2.05) is 38.1 Å². The highest BCUT2D eigenvalue weighted by atomic mass is 16.5. The lowest BCUT2D eigenvalue weighted by molar-refractivity contribution is -0.139. The molecule has 1 aliphatic heterocycles. The number of Topliss-reactive ketones (excluding diaryl/α,β-unsaturated/α-hetero) is 1. The van der Waals surface area contributed by atoms with E-state index >= 15 is 0 Å². The average molecular weight is 439 g/mol. The fourth-order valence-electron chi connectivity index (χ4n) is 4.00. The molecule has 1 atom stereocenters. The molecule has 170 valence electrons. The first kappa shape index (κ1) is 23.3. The number of aliphatic hydroxyl groups excluding tert-OH is 1. The Morgan fingerprint density at radius 3 is 2.38 bits per heavy atom. The van der Waals surface area contributed by atoms with E-state index in [1.54, 1.807) is 49.5 Å². The van der Waals surface area contributed by atoms with Gasteiger partial charge in [0.1, 0.15) is 17.3 Å². The number of benzene rings is 2. The number of hydrogen-bond acceptors (Lipinski definition) is 6. The van der Waals surface area contributed by atoms with Crippen LogP contribution >= 0.6 is 0 Å². The van der Waals surface area contributed by atoms with Gasteiger partial charge >= 0.3 is 0 Å². The van der Waals surface area contributed by atoms with Gasteiger partial charge in [-0.2, -0.15) is 0 Å². The van der Waals surface area contributed by atoms with Crippen molar-refractivity contribution < 1.29 is 24.2 Å². The molecule has 0 radical (unpaired) electrons. The molecule has 1 aliphatic rings. The maximum Gasteiger partial charge on any atom is 0.295 e. The van der Waals surface area contributed by atoms with Gasteiger partial charge in [0.2, 0.25) is 0 Å². The second kappa shape index (κ2) is 9.87. The van der Waals surface area contributed by atoms with Crippen molar-refractivity contribution in [3.63, 3.8) is 0 Å². The van der Waals surface area contributed by atoms with Crippen LogP contribution in [0.3, 0.4) is 0 Å². The quantitative estimate of drug-likeness (QED) is 0.387. The Kier molecular flexibility index (Phi) is 7.20. The van der Waals surface area contributed by atoms with Crippen LogP contribution in [0.25, 0.3) is 5.76 Å². The molecular weight excluding hydrogens is 408 g/mol. The summed E-state index contributed by atoms with van der Waals surface area (Å²) in [6.07, 6.45) is 0.697. The number of rotatable bonds is 8. The molecule has 2 aromatic rings. The molecule has 7 nitrogen and oxygen atoms in total. The number of ketones is 1. The van der Waals surface area contributed by atoms with E-state index in [-0.39, 0.29) is 11.3 Å². The van der Waals surface area contributed by atoms with E-state index in [2.05, 4.69) is 0 Å². The lowest BCUT2D eigenvalue weighted by Gasteiger charge is -2.26. The number of methoxy groups -OCH3 is 2. The van der Waals surface area contributed by atoms with Crippen molar-refractivity contribution in [2.24, 2.45) is 0 Å². The molecule has 2 aromatic carbocycles. The third-order valence-electron chi connectivity index (χ3n) is 5.64. The average Bonchev–Trinajstić information content (AvgIpc) is 3.03. The molecule has 1 N–H and O–H groups in total. The Morgan fingerprint density at radius 1 is 1.06 bits per heavy atom. The molecule has 1 fully saturated rings. The fourth-order valence-corrected chi connectivity index (χ4v) is 4.00. The summed E-state index contributed by atoms with van der Waals surface area (Å²) in [5.41, 5.74) is 2.03. The molecule has 1 saturated heterocycles. The highest BCUT2D eigenvalue weighted by molar-refractivity contribution is 6.46. The Bertz CT molecular complexity index is 1040. The van der Waals surface area contributed by atoms with Crippen LogP contribution in [0.1, 0.15) is 29.2 Å². The van der Waals surface area contributed by atoms with Gasteiger partial charge in [0.05, 0.1) is 25.8 Å². The number of likely N-dealkylation sites (tertiary alicyclic amines) is 1. The Morgan fingerprint density at radius 2 is 1.75 bits per heavy atom. The van der Waals surface area contributed by atoms with Crippen LogP contribution in [0.4, 0.5) is 0 Å². The number of carbonyl (C=O) groups excluding carboxylic acids is 2.